The molecule has 0 aliphatic heterocycles. The molecule has 0 amide bonds. The van der Waals surface area contributed by atoms with Crippen molar-refractivity contribution in [3.8, 4) is 11.5 Å². The Kier molecular flexibility index (Phi) is 9.16. The van der Waals surface area contributed by atoms with E-state index in [1.165, 1.54) is 36.7 Å². The fraction of sp³-hybridized carbons (Fsp3) is 0.250. The number of hydrogen-bond acceptors (Lipinski definition) is 8. The van der Waals surface area contributed by atoms with Gasteiger partial charge in [0.15, 0.2) is 0 Å². The fourth-order valence-electron chi connectivity index (χ4n) is 2.44. The number of rotatable bonds is 10. The van der Waals surface area contributed by atoms with E-state index in [0.29, 0.717) is 23.3 Å². The van der Waals surface area contributed by atoms with Crippen molar-refractivity contribution in [3.63, 3.8) is 0 Å². The molecule has 8 nitrogen and oxygen atoms in total. The number of phenols is 2. The van der Waals surface area contributed by atoms with Gasteiger partial charge >= 0.3 is 11.9 Å². The van der Waals surface area contributed by atoms with Crippen LogP contribution in [0.2, 0.25) is 0 Å². The van der Waals surface area contributed by atoms with Gasteiger partial charge in [0.1, 0.15) is 28.4 Å². The van der Waals surface area contributed by atoms with Crippen molar-refractivity contribution < 1.29 is 29.3 Å². The van der Waals surface area contributed by atoms with E-state index in [1.807, 2.05) is 6.92 Å². The first-order chi connectivity index (χ1) is 15.3. The van der Waals surface area contributed by atoms with Crippen LogP contribution in [0, 0.1) is 0 Å². The zero-order valence-electron chi connectivity index (χ0n) is 18.1. The van der Waals surface area contributed by atoms with Crippen LogP contribution in [-0.2, 0) is 9.47 Å². The van der Waals surface area contributed by atoms with Gasteiger partial charge in [-0.1, -0.05) is 26.8 Å². The van der Waals surface area contributed by atoms with E-state index in [1.54, 1.807) is 19.1 Å². The van der Waals surface area contributed by atoms with Crippen LogP contribution in [0.1, 0.15) is 65.0 Å². The summed E-state index contributed by atoms with van der Waals surface area (Å²) < 4.78 is 10.2. The molecule has 0 heterocycles. The maximum Gasteiger partial charge on any atom is 0.346 e. The third kappa shape index (κ3) is 7.09. The van der Waals surface area contributed by atoms with Crippen molar-refractivity contribution in [1.29, 1.82) is 0 Å². The van der Waals surface area contributed by atoms with Gasteiger partial charge < -0.3 is 19.7 Å². The normalized spacial score (nSPS) is 11.1. The van der Waals surface area contributed by atoms with Crippen LogP contribution in [0.3, 0.4) is 0 Å². The first-order valence-electron chi connectivity index (χ1n) is 10.1. The molecule has 0 aliphatic rings. The topological polar surface area (TPSA) is 118 Å². The second kappa shape index (κ2) is 12.0. The minimum absolute atomic E-state index is 0.0164. The van der Waals surface area contributed by atoms with Crippen LogP contribution in [0.25, 0.3) is 0 Å². The van der Waals surface area contributed by atoms with E-state index < -0.39 is 11.9 Å². The van der Waals surface area contributed by atoms with Crippen LogP contribution in [0.15, 0.2) is 58.9 Å². The molecule has 0 unspecified atom stereocenters. The van der Waals surface area contributed by atoms with Crippen molar-refractivity contribution in [2.75, 3.05) is 6.61 Å². The zero-order chi connectivity index (χ0) is 23.5. The first-order valence-corrected chi connectivity index (χ1v) is 10.1. The maximum absolute atomic E-state index is 12.1. The number of phenolic OH excluding ortho intramolecular Hbond substituents is 2. The van der Waals surface area contributed by atoms with Crippen LogP contribution >= 0.6 is 0 Å². The summed E-state index contributed by atoms with van der Waals surface area (Å²) in [6, 6.07) is 8.75. The molecule has 2 N–H and O–H groups in total. The second-order valence-electron chi connectivity index (χ2n) is 6.81. The molecule has 168 valence electrons. The standard InChI is InChI=1S/C24H26N2O6/c1-4-6-11-31-23(29)19-12-17(7-9-21(19)27)14-25-26-15-18-8-10-22(28)20(13-18)24(30)32-16(3)5-2/h7-10,12-15,27-28H,3-6,11H2,1-2H3/b25-14+,26-15+. The quantitative estimate of drug-likeness (QED) is 0.184. The maximum atomic E-state index is 12.1. The molecule has 0 saturated heterocycles. The number of carbonyl (C=O) groups is 2. The number of aromatic hydroxyl groups is 2. The molecule has 0 spiro atoms. The van der Waals surface area contributed by atoms with Crippen LogP contribution < -0.4 is 0 Å². The molecular weight excluding hydrogens is 412 g/mol. The third-order valence-corrected chi connectivity index (χ3v) is 4.32. The highest BCUT2D eigenvalue weighted by molar-refractivity contribution is 5.96. The molecule has 0 atom stereocenters. The lowest BCUT2D eigenvalue weighted by Crippen LogP contribution is -2.07. The van der Waals surface area contributed by atoms with Gasteiger partial charge in [-0.15, -0.1) is 0 Å². The van der Waals surface area contributed by atoms with Gasteiger partial charge in [0.2, 0.25) is 0 Å². The van der Waals surface area contributed by atoms with E-state index >= 15 is 0 Å². The molecular formula is C24H26N2O6. The minimum atomic E-state index is -0.712. The molecule has 2 rings (SSSR count). The van der Waals surface area contributed by atoms with Gasteiger partial charge in [-0.05, 0) is 53.9 Å². The predicted octanol–water partition coefficient (Wildman–Crippen LogP) is 4.59. The Balaban J connectivity index is 2.09. The number of unbranched alkanes of at least 4 members (excludes halogenated alkanes) is 1. The van der Waals surface area contributed by atoms with Crippen molar-refractivity contribution in [3.05, 3.63) is 71.0 Å². The van der Waals surface area contributed by atoms with E-state index in [4.69, 9.17) is 9.47 Å². The number of benzene rings is 2. The summed E-state index contributed by atoms with van der Waals surface area (Å²) in [6.07, 6.45) is 4.90. The van der Waals surface area contributed by atoms with E-state index in [0.717, 1.165) is 12.8 Å². The molecule has 0 radical (unpaired) electrons. The Bertz CT molecular complexity index is 1040. The van der Waals surface area contributed by atoms with Crippen LogP contribution in [0.4, 0.5) is 0 Å². The summed E-state index contributed by atoms with van der Waals surface area (Å²) in [7, 11) is 0. The van der Waals surface area contributed by atoms with Crippen molar-refractivity contribution in [2.24, 2.45) is 10.2 Å². The molecule has 32 heavy (non-hydrogen) atoms. The fourth-order valence-corrected chi connectivity index (χ4v) is 2.44. The van der Waals surface area contributed by atoms with Crippen molar-refractivity contribution in [1.82, 2.24) is 0 Å². The van der Waals surface area contributed by atoms with E-state index in [-0.39, 0.29) is 29.2 Å². The molecule has 0 saturated carbocycles. The van der Waals surface area contributed by atoms with Crippen LogP contribution in [-0.4, -0.2) is 41.2 Å². The number of nitrogens with zero attached hydrogens (tertiary/aromatic N) is 2. The molecule has 0 aromatic heterocycles. The highest BCUT2D eigenvalue weighted by Gasteiger charge is 2.14. The third-order valence-electron chi connectivity index (χ3n) is 4.32. The Labute approximate surface area is 186 Å². The summed E-state index contributed by atoms with van der Waals surface area (Å²) in [6.45, 7) is 7.67. The average molecular weight is 438 g/mol. The highest BCUT2D eigenvalue weighted by Crippen LogP contribution is 2.21. The number of carbonyl (C=O) groups excluding carboxylic acids is 2. The summed E-state index contributed by atoms with van der Waals surface area (Å²) in [5, 5.41) is 27.7. The lowest BCUT2D eigenvalue weighted by atomic mass is 10.1. The molecule has 8 heteroatoms. The van der Waals surface area contributed by atoms with E-state index in [9.17, 15) is 19.8 Å². The Morgan fingerprint density at radius 3 is 1.97 bits per heavy atom. The summed E-state index contributed by atoms with van der Waals surface area (Å²) in [4.78, 5) is 24.2. The minimum Gasteiger partial charge on any atom is -0.507 e. The van der Waals surface area contributed by atoms with Crippen molar-refractivity contribution >= 4 is 24.4 Å². The monoisotopic (exact) mass is 438 g/mol. The van der Waals surface area contributed by atoms with Gasteiger partial charge in [-0.2, -0.15) is 10.2 Å². The number of esters is 2. The van der Waals surface area contributed by atoms with Crippen molar-refractivity contribution in [2.45, 2.75) is 33.1 Å². The lowest BCUT2D eigenvalue weighted by Gasteiger charge is -2.07. The molecule has 0 bridgehead atoms. The van der Waals surface area contributed by atoms with Gasteiger partial charge in [-0.3, -0.25) is 0 Å². The number of ether oxygens (including phenoxy) is 2. The van der Waals surface area contributed by atoms with Gasteiger partial charge in [0.25, 0.3) is 0 Å². The Hall–Kier alpha value is -3.94. The Morgan fingerprint density at radius 2 is 1.47 bits per heavy atom. The second-order valence-corrected chi connectivity index (χ2v) is 6.81. The predicted molar refractivity (Wildman–Crippen MR) is 121 cm³/mol. The summed E-state index contributed by atoms with van der Waals surface area (Å²) >= 11 is 0. The summed E-state index contributed by atoms with van der Waals surface area (Å²) in [5.41, 5.74) is 1.08. The number of hydrogen-bond donors (Lipinski definition) is 2. The van der Waals surface area contributed by atoms with E-state index in [2.05, 4.69) is 16.8 Å². The smallest absolute Gasteiger partial charge is 0.346 e. The van der Waals surface area contributed by atoms with Gasteiger partial charge in [0.05, 0.1) is 19.0 Å². The molecule has 0 fully saturated rings. The lowest BCUT2D eigenvalue weighted by molar-refractivity contribution is 0.0495. The highest BCUT2D eigenvalue weighted by atomic mass is 16.5. The van der Waals surface area contributed by atoms with Gasteiger partial charge in [-0.25, -0.2) is 9.59 Å². The van der Waals surface area contributed by atoms with Gasteiger partial charge in [0, 0.05) is 6.42 Å². The summed E-state index contributed by atoms with van der Waals surface area (Å²) in [5.74, 6) is -1.43. The Morgan fingerprint density at radius 1 is 0.938 bits per heavy atom. The van der Waals surface area contributed by atoms with Crippen LogP contribution in [0.5, 0.6) is 11.5 Å². The molecule has 2 aromatic rings. The zero-order valence-corrected chi connectivity index (χ0v) is 18.1. The molecule has 2 aromatic carbocycles. The first kappa shape index (κ1) is 24.3. The molecule has 0 aliphatic carbocycles. The largest absolute Gasteiger partial charge is 0.507 e. The number of allylic oxidation sites excluding steroid dienone is 1. The average Bonchev–Trinajstić information content (AvgIpc) is 2.78. The SMILES string of the molecule is C=C(CC)OC(=O)c1cc(/C=N/N=C/c2ccc(O)c(C(=O)OCCCC)c2)ccc1O.